The van der Waals surface area contributed by atoms with Crippen molar-refractivity contribution in [2.24, 2.45) is 0 Å². The van der Waals surface area contributed by atoms with Gasteiger partial charge in [-0.15, -0.1) is 0 Å². The highest BCUT2D eigenvalue weighted by Crippen LogP contribution is 2.54. The average Bonchev–Trinajstić information content (AvgIpc) is 3.39. The van der Waals surface area contributed by atoms with Crippen LogP contribution in [0.15, 0.2) is 48.5 Å². The van der Waals surface area contributed by atoms with Gasteiger partial charge in [-0.05, 0) is 36.1 Å². The van der Waals surface area contributed by atoms with E-state index in [1.54, 1.807) is 0 Å². The third-order valence-electron chi connectivity index (χ3n) is 5.90. The monoisotopic (exact) mass is 447 g/mol. The Morgan fingerprint density at radius 3 is 1.97 bits per heavy atom. The van der Waals surface area contributed by atoms with Gasteiger partial charge in [-0.3, -0.25) is 9.69 Å². The fourth-order valence-electron chi connectivity index (χ4n) is 4.54. The van der Waals surface area contributed by atoms with E-state index < -0.39 is 35.6 Å². The van der Waals surface area contributed by atoms with Crippen molar-refractivity contribution in [1.82, 2.24) is 4.90 Å². The predicted molar refractivity (Wildman–Crippen MR) is 107 cm³/mol. The lowest BCUT2D eigenvalue weighted by molar-refractivity contribution is -0.194. The van der Waals surface area contributed by atoms with Crippen LogP contribution in [0, 0.1) is 0 Å². The zero-order valence-electron chi connectivity index (χ0n) is 17.3. The van der Waals surface area contributed by atoms with Crippen molar-refractivity contribution >= 4 is 17.8 Å². The Morgan fingerprint density at radius 2 is 1.50 bits per heavy atom. The SMILES string of the molecule is CCOC(=O)[C@@]1(C(F)(F)F)[C@@H](C(C)=O)N1C(=O)OCC1c2ccccc2-c2ccccc21. The third kappa shape index (κ3) is 3.06. The van der Waals surface area contributed by atoms with Crippen LogP contribution in [0.1, 0.15) is 30.9 Å². The summed E-state index contributed by atoms with van der Waals surface area (Å²) in [5.74, 6) is -3.06. The van der Waals surface area contributed by atoms with Crippen molar-refractivity contribution < 1.29 is 37.0 Å². The molecule has 1 amide bonds. The van der Waals surface area contributed by atoms with E-state index in [2.05, 4.69) is 4.74 Å². The number of amides is 1. The zero-order chi connectivity index (χ0) is 23.3. The summed E-state index contributed by atoms with van der Waals surface area (Å²) in [4.78, 5) is 37.0. The lowest BCUT2D eigenvalue weighted by Crippen LogP contribution is -2.48. The number of esters is 1. The largest absolute Gasteiger partial charge is 0.464 e. The molecule has 0 spiro atoms. The first kappa shape index (κ1) is 21.9. The van der Waals surface area contributed by atoms with E-state index >= 15 is 0 Å². The summed E-state index contributed by atoms with van der Waals surface area (Å²) in [6, 6.07) is 12.9. The fourth-order valence-corrected chi connectivity index (χ4v) is 4.54. The molecule has 1 heterocycles. The molecule has 2 aliphatic rings. The maximum absolute atomic E-state index is 13.9. The topological polar surface area (TPSA) is 72.7 Å². The number of ether oxygens (including phenoxy) is 2. The van der Waals surface area contributed by atoms with Gasteiger partial charge in [-0.2, -0.15) is 13.2 Å². The molecular weight excluding hydrogens is 427 g/mol. The minimum Gasteiger partial charge on any atom is -0.464 e. The highest BCUT2D eigenvalue weighted by Gasteiger charge is 2.87. The van der Waals surface area contributed by atoms with Gasteiger partial charge in [0.05, 0.1) is 6.61 Å². The summed E-state index contributed by atoms with van der Waals surface area (Å²) < 4.78 is 51.6. The van der Waals surface area contributed by atoms with Crippen molar-refractivity contribution in [1.29, 1.82) is 0 Å². The number of alkyl halides is 3. The molecule has 6 nitrogen and oxygen atoms in total. The first-order chi connectivity index (χ1) is 15.2. The summed E-state index contributed by atoms with van der Waals surface area (Å²) in [6.07, 6.45) is -6.60. The molecular formula is C23H20F3NO5. The second kappa shape index (κ2) is 7.65. The minimum atomic E-state index is -5.21. The Bertz CT molecular complexity index is 1050. The van der Waals surface area contributed by atoms with Crippen LogP contribution in [0.4, 0.5) is 18.0 Å². The predicted octanol–water partition coefficient (Wildman–Crippen LogP) is 4.07. The molecule has 9 heteroatoms. The molecule has 2 atom stereocenters. The maximum atomic E-state index is 13.9. The number of hydrogen-bond donors (Lipinski definition) is 0. The molecule has 1 saturated heterocycles. The highest BCUT2D eigenvalue weighted by molar-refractivity contribution is 6.05. The van der Waals surface area contributed by atoms with E-state index in [1.165, 1.54) is 6.92 Å². The van der Waals surface area contributed by atoms with Crippen LogP contribution in [0.25, 0.3) is 11.1 Å². The van der Waals surface area contributed by atoms with Gasteiger partial charge in [0.25, 0.3) is 5.54 Å². The van der Waals surface area contributed by atoms with E-state index in [-0.39, 0.29) is 24.0 Å². The van der Waals surface area contributed by atoms with Gasteiger partial charge in [0, 0.05) is 5.92 Å². The van der Waals surface area contributed by atoms with E-state index in [0.29, 0.717) is 0 Å². The van der Waals surface area contributed by atoms with Crippen LogP contribution in [0.5, 0.6) is 0 Å². The van der Waals surface area contributed by atoms with E-state index in [0.717, 1.165) is 29.2 Å². The molecule has 168 valence electrons. The van der Waals surface area contributed by atoms with Crippen LogP contribution in [-0.4, -0.2) is 53.7 Å². The Hall–Kier alpha value is -3.36. The summed E-state index contributed by atoms with van der Waals surface area (Å²) in [5.41, 5.74) is 0.297. The zero-order valence-corrected chi connectivity index (χ0v) is 17.3. The molecule has 0 aromatic heterocycles. The molecule has 4 rings (SSSR count). The van der Waals surface area contributed by atoms with Crippen molar-refractivity contribution in [2.75, 3.05) is 13.2 Å². The fraction of sp³-hybridized carbons (Fsp3) is 0.348. The van der Waals surface area contributed by atoms with Crippen molar-refractivity contribution in [3.8, 4) is 11.1 Å². The minimum absolute atomic E-state index is 0.139. The van der Waals surface area contributed by atoms with Gasteiger partial charge in [-0.1, -0.05) is 48.5 Å². The molecule has 2 aromatic rings. The number of ketones is 1. The summed E-state index contributed by atoms with van der Waals surface area (Å²) in [6.45, 7) is 1.65. The second-order valence-corrected chi connectivity index (χ2v) is 7.67. The molecule has 0 N–H and O–H groups in total. The smallest absolute Gasteiger partial charge is 0.425 e. The third-order valence-corrected chi connectivity index (χ3v) is 5.90. The van der Waals surface area contributed by atoms with Crippen molar-refractivity contribution in [2.45, 2.75) is 37.5 Å². The van der Waals surface area contributed by atoms with Gasteiger partial charge < -0.3 is 9.47 Å². The molecule has 2 aromatic carbocycles. The average molecular weight is 447 g/mol. The molecule has 32 heavy (non-hydrogen) atoms. The Balaban J connectivity index is 1.60. The molecule has 1 aliphatic heterocycles. The lowest BCUT2D eigenvalue weighted by atomic mass is 9.98. The Kier molecular flexibility index (Phi) is 5.22. The van der Waals surface area contributed by atoms with Crippen molar-refractivity contribution in [3.63, 3.8) is 0 Å². The van der Waals surface area contributed by atoms with Crippen LogP contribution < -0.4 is 0 Å². The molecule has 1 fully saturated rings. The van der Waals surface area contributed by atoms with Gasteiger partial charge >= 0.3 is 18.2 Å². The molecule has 1 aliphatic carbocycles. The maximum Gasteiger partial charge on any atom is 0.425 e. The van der Waals surface area contributed by atoms with E-state index in [1.807, 2.05) is 48.5 Å². The van der Waals surface area contributed by atoms with Gasteiger partial charge in [-0.25, -0.2) is 9.59 Å². The second-order valence-electron chi connectivity index (χ2n) is 7.67. The van der Waals surface area contributed by atoms with Crippen molar-refractivity contribution in [3.05, 3.63) is 59.7 Å². The number of Topliss-reactive ketones (excluding diaryl/α,β-unsaturated/α-hetero) is 1. The van der Waals surface area contributed by atoms with E-state index in [9.17, 15) is 27.6 Å². The first-order valence-corrected chi connectivity index (χ1v) is 10.0. The highest BCUT2D eigenvalue weighted by atomic mass is 19.4. The van der Waals surface area contributed by atoms with Crippen LogP contribution in [-0.2, 0) is 19.1 Å². The Morgan fingerprint density at radius 1 is 0.969 bits per heavy atom. The molecule has 0 saturated carbocycles. The normalized spacial score (nSPS) is 21.5. The Labute approximate surface area is 181 Å². The number of halogens is 3. The summed E-state index contributed by atoms with van der Waals surface area (Å²) >= 11 is 0. The number of fused-ring (bicyclic) bond motifs is 3. The molecule has 0 radical (unpaired) electrons. The molecule has 0 bridgehead atoms. The van der Waals surface area contributed by atoms with Crippen LogP contribution >= 0.6 is 0 Å². The van der Waals surface area contributed by atoms with Gasteiger partial charge in [0.2, 0.25) is 0 Å². The number of benzene rings is 2. The summed E-state index contributed by atoms with van der Waals surface area (Å²) in [5, 5.41) is 0. The summed E-state index contributed by atoms with van der Waals surface area (Å²) in [7, 11) is 0. The molecule has 0 unspecified atom stereocenters. The first-order valence-electron chi connectivity index (χ1n) is 10.0. The van der Waals surface area contributed by atoms with Crippen LogP contribution in [0.2, 0.25) is 0 Å². The van der Waals surface area contributed by atoms with Gasteiger partial charge in [0.15, 0.2) is 5.78 Å². The van der Waals surface area contributed by atoms with Crippen LogP contribution in [0.3, 0.4) is 0 Å². The number of nitrogens with zero attached hydrogens (tertiary/aromatic N) is 1. The standard InChI is InChI=1S/C23H20F3NO5/c1-3-31-20(29)22(23(24,25)26)19(13(2)28)27(22)21(30)32-12-18-16-10-6-4-8-14(16)15-9-5-7-11-17(15)18/h4-11,18-19H,3,12H2,1-2H3/t19-,22-,27?/m1/s1. The number of carbonyl (C=O) groups excluding carboxylic acids is 3. The number of hydrogen-bond acceptors (Lipinski definition) is 5. The van der Waals surface area contributed by atoms with Gasteiger partial charge in [0.1, 0.15) is 12.6 Å². The van der Waals surface area contributed by atoms with E-state index in [4.69, 9.17) is 4.74 Å². The number of carbonyl (C=O) groups is 3. The lowest BCUT2D eigenvalue weighted by Gasteiger charge is -2.19. The number of rotatable bonds is 5. The quantitative estimate of drug-likeness (QED) is 0.510.